The molecule has 0 radical (unpaired) electrons. The van der Waals surface area contributed by atoms with Gasteiger partial charge in [0, 0.05) is 24.5 Å². The van der Waals surface area contributed by atoms with Crippen LogP contribution in [0, 0.1) is 11.3 Å². The molecule has 0 aliphatic heterocycles. The zero-order valence-electron chi connectivity index (χ0n) is 9.64. The maximum Gasteiger partial charge on any atom is 0.311 e. The van der Waals surface area contributed by atoms with Crippen molar-refractivity contribution in [3.05, 3.63) is 16.6 Å². The van der Waals surface area contributed by atoms with Crippen LogP contribution in [-0.4, -0.2) is 22.6 Å². The number of nitrogens with two attached hydrogens (primary N) is 1. The molecule has 1 unspecified atom stereocenters. The van der Waals surface area contributed by atoms with Crippen molar-refractivity contribution in [3.8, 4) is 0 Å². The lowest BCUT2D eigenvalue weighted by molar-refractivity contribution is -0.149. The Kier molecular flexibility index (Phi) is 4.44. The number of hydrogen-bond acceptors (Lipinski definition) is 4. The van der Waals surface area contributed by atoms with Crippen molar-refractivity contribution < 1.29 is 9.90 Å². The van der Waals surface area contributed by atoms with E-state index >= 15 is 0 Å². The van der Waals surface area contributed by atoms with Crippen molar-refractivity contribution >= 4 is 17.3 Å². The fraction of sp³-hybridized carbons (Fsp3) is 0.636. The number of nitrogens with zero attached hydrogens (tertiary/aromatic N) is 1. The Morgan fingerprint density at radius 1 is 1.69 bits per heavy atom. The highest BCUT2D eigenvalue weighted by molar-refractivity contribution is 7.09. The molecule has 0 spiro atoms. The first-order valence-corrected chi connectivity index (χ1v) is 6.20. The van der Waals surface area contributed by atoms with Gasteiger partial charge in [-0.1, -0.05) is 13.8 Å². The summed E-state index contributed by atoms with van der Waals surface area (Å²) in [7, 11) is 0. The van der Waals surface area contributed by atoms with E-state index < -0.39 is 11.4 Å². The van der Waals surface area contributed by atoms with Crippen LogP contribution in [0.4, 0.5) is 0 Å². The fourth-order valence-corrected chi connectivity index (χ4v) is 2.65. The van der Waals surface area contributed by atoms with Gasteiger partial charge in [-0.2, -0.15) is 0 Å². The van der Waals surface area contributed by atoms with E-state index in [1.54, 1.807) is 6.20 Å². The van der Waals surface area contributed by atoms with Gasteiger partial charge in [-0.3, -0.25) is 4.79 Å². The van der Waals surface area contributed by atoms with Gasteiger partial charge in [0.05, 0.1) is 10.4 Å². The number of carbonyl (C=O) groups is 1. The molecular formula is C11H18N2O2S. The Labute approximate surface area is 99.5 Å². The van der Waals surface area contributed by atoms with E-state index in [0.29, 0.717) is 18.8 Å². The maximum absolute atomic E-state index is 11.4. The highest BCUT2D eigenvalue weighted by Crippen LogP contribution is 2.31. The molecule has 5 heteroatoms. The minimum atomic E-state index is -0.869. The average molecular weight is 242 g/mol. The summed E-state index contributed by atoms with van der Waals surface area (Å²) in [6.07, 6.45) is 2.70. The van der Waals surface area contributed by atoms with Gasteiger partial charge in [0.1, 0.15) is 0 Å². The molecule has 1 heterocycles. The van der Waals surface area contributed by atoms with Crippen molar-refractivity contribution in [3.63, 3.8) is 0 Å². The highest BCUT2D eigenvalue weighted by atomic mass is 32.1. The summed E-state index contributed by atoms with van der Waals surface area (Å²) in [5.74, 6) is -0.515. The van der Waals surface area contributed by atoms with Gasteiger partial charge >= 0.3 is 5.97 Å². The van der Waals surface area contributed by atoms with Crippen LogP contribution in [0.2, 0.25) is 0 Å². The number of rotatable bonds is 6. The molecule has 0 aromatic carbocycles. The van der Waals surface area contributed by atoms with E-state index in [-0.39, 0.29) is 6.54 Å². The normalized spacial score (nSPS) is 15.0. The number of aliphatic carboxylic acids is 1. The third kappa shape index (κ3) is 3.02. The lowest BCUT2D eigenvalue weighted by Crippen LogP contribution is -2.41. The Balaban J connectivity index is 2.89. The lowest BCUT2D eigenvalue weighted by atomic mass is 9.77. The summed E-state index contributed by atoms with van der Waals surface area (Å²) in [4.78, 5) is 15.5. The second-order valence-corrected chi connectivity index (χ2v) is 5.47. The monoisotopic (exact) mass is 242 g/mol. The second kappa shape index (κ2) is 5.41. The van der Waals surface area contributed by atoms with Gasteiger partial charge in [0.25, 0.3) is 0 Å². The summed E-state index contributed by atoms with van der Waals surface area (Å²) in [5, 5.41) is 12.1. The fourth-order valence-electron chi connectivity index (χ4n) is 1.89. The van der Waals surface area contributed by atoms with Crippen LogP contribution in [0.25, 0.3) is 0 Å². The molecule has 0 bridgehead atoms. The second-order valence-electron chi connectivity index (χ2n) is 4.49. The van der Waals surface area contributed by atoms with Gasteiger partial charge in [-0.25, -0.2) is 4.98 Å². The summed E-state index contributed by atoms with van der Waals surface area (Å²) >= 11 is 1.48. The zero-order valence-corrected chi connectivity index (χ0v) is 10.5. The minimum Gasteiger partial charge on any atom is -0.481 e. The summed E-state index contributed by atoms with van der Waals surface area (Å²) in [6, 6.07) is 0. The van der Waals surface area contributed by atoms with Crippen LogP contribution in [0.5, 0.6) is 0 Å². The van der Waals surface area contributed by atoms with Gasteiger partial charge in [0.2, 0.25) is 0 Å². The summed E-state index contributed by atoms with van der Waals surface area (Å²) in [6.45, 7) is 4.17. The largest absolute Gasteiger partial charge is 0.481 e. The van der Waals surface area contributed by atoms with Crippen LogP contribution in [-0.2, 0) is 11.2 Å². The van der Waals surface area contributed by atoms with E-state index in [1.165, 1.54) is 11.3 Å². The van der Waals surface area contributed by atoms with Crippen LogP contribution in [0.1, 0.15) is 25.3 Å². The highest BCUT2D eigenvalue weighted by Gasteiger charge is 2.38. The Hall–Kier alpha value is -0.940. The maximum atomic E-state index is 11.4. The van der Waals surface area contributed by atoms with E-state index in [0.717, 1.165) is 5.01 Å². The molecule has 0 fully saturated rings. The Morgan fingerprint density at radius 2 is 2.38 bits per heavy atom. The molecule has 90 valence electrons. The molecule has 4 nitrogen and oxygen atoms in total. The average Bonchev–Trinajstić information content (AvgIpc) is 2.68. The SMILES string of the molecule is CC(C)CC(CN)(Cc1nccs1)C(=O)O. The first kappa shape index (κ1) is 13.1. The minimum absolute atomic E-state index is 0.153. The van der Waals surface area contributed by atoms with E-state index in [2.05, 4.69) is 4.98 Å². The molecule has 1 rings (SSSR count). The van der Waals surface area contributed by atoms with Gasteiger partial charge < -0.3 is 10.8 Å². The first-order chi connectivity index (χ1) is 7.50. The topological polar surface area (TPSA) is 76.2 Å². The van der Waals surface area contributed by atoms with Crippen molar-refractivity contribution in [1.29, 1.82) is 0 Å². The van der Waals surface area contributed by atoms with Crippen LogP contribution < -0.4 is 5.73 Å². The third-order valence-corrected chi connectivity index (χ3v) is 3.40. The Morgan fingerprint density at radius 3 is 2.75 bits per heavy atom. The molecule has 0 aliphatic carbocycles. The molecule has 0 aliphatic rings. The van der Waals surface area contributed by atoms with E-state index in [9.17, 15) is 9.90 Å². The van der Waals surface area contributed by atoms with E-state index in [1.807, 2.05) is 19.2 Å². The number of thiazole rings is 1. The first-order valence-electron chi connectivity index (χ1n) is 5.32. The van der Waals surface area contributed by atoms with Crippen molar-refractivity contribution in [2.45, 2.75) is 26.7 Å². The lowest BCUT2D eigenvalue weighted by Gasteiger charge is -2.28. The van der Waals surface area contributed by atoms with E-state index in [4.69, 9.17) is 5.73 Å². The third-order valence-electron chi connectivity index (χ3n) is 2.62. The van der Waals surface area contributed by atoms with Gasteiger partial charge in [-0.05, 0) is 12.3 Å². The summed E-state index contributed by atoms with van der Waals surface area (Å²) < 4.78 is 0. The molecule has 0 saturated heterocycles. The quantitative estimate of drug-likeness (QED) is 0.797. The number of hydrogen-bond donors (Lipinski definition) is 2. The molecule has 16 heavy (non-hydrogen) atoms. The van der Waals surface area contributed by atoms with Gasteiger partial charge in [0.15, 0.2) is 0 Å². The van der Waals surface area contributed by atoms with Crippen molar-refractivity contribution in [2.75, 3.05) is 6.54 Å². The predicted octanol–water partition coefficient (Wildman–Crippen LogP) is 1.76. The Bertz CT molecular complexity index is 338. The standard InChI is InChI=1S/C11H18N2O2S/c1-8(2)5-11(7-12,10(14)15)6-9-13-3-4-16-9/h3-4,8H,5-7,12H2,1-2H3,(H,14,15). The number of aromatic nitrogens is 1. The number of carboxylic acids is 1. The molecule has 1 aromatic rings. The van der Waals surface area contributed by atoms with Crippen LogP contribution in [0.15, 0.2) is 11.6 Å². The summed E-state index contributed by atoms with van der Waals surface area (Å²) in [5.41, 5.74) is 4.80. The molecule has 3 N–H and O–H groups in total. The molecule has 0 saturated carbocycles. The number of carboxylic acid groups (broad SMARTS) is 1. The van der Waals surface area contributed by atoms with Crippen molar-refractivity contribution in [2.24, 2.45) is 17.1 Å². The van der Waals surface area contributed by atoms with Crippen LogP contribution in [0.3, 0.4) is 0 Å². The molecular weight excluding hydrogens is 224 g/mol. The molecule has 1 atom stereocenters. The van der Waals surface area contributed by atoms with Crippen molar-refractivity contribution in [1.82, 2.24) is 4.98 Å². The molecule has 0 amide bonds. The van der Waals surface area contributed by atoms with Crippen LogP contribution >= 0.6 is 11.3 Å². The predicted molar refractivity (Wildman–Crippen MR) is 64.4 cm³/mol. The zero-order chi connectivity index (χ0) is 12.2. The smallest absolute Gasteiger partial charge is 0.311 e. The van der Waals surface area contributed by atoms with Gasteiger partial charge in [-0.15, -0.1) is 11.3 Å². The molecule has 1 aromatic heterocycles.